The minimum absolute atomic E-state index is 0.193. The van der Waals surface area contributed by atoms with Crippen LogP contribution in [0.25, 0.3) is 10.4 Å². The van der Waals surface area contributed by atoms with E-state index in [2.05, 4.69) is 10.0 Å². The van der Waals surface area contributed by atoms with Crippen molar-refractivity contribution in [2.24, 2.45) is 17.0 Å². The summed E-state index contributed by atoms with van der Waals surface area (Å²) < 4.78 is 5.16. The molecule has 0 aliphatic heterocycles. The molecular formula is C13H13N3O3. The smallest absolute Gasteiger partial charge is 0.310 e. The Kier molecular flexibility index (Phi) is 4.15. The summed E-state index contributed by atoms with van der Waals surface area (Å²) in [6.07, 6.45) is 1.17. The summed E-state index contributed by atoms with van der Waals surface area (Å²) in [6.45, 7) is 0.193. The van der Waals surface area contributed by atoms with Gasteiger partial charge in [0.25, 0.3) is 0 Å². The molecule has 1 saturated carbocycles. The Morgan fingerprint density at radius 3 is 2.53 bits per heavy atom. The number of azide groups is 1. The van der Waals surface area contributed by atoms with E-state index in [9.17, 15) is 9.59 Å². The number of rotatable bonds is 4. The van der Waals surface area contributed by atoms with Gasteiger partial charge in [-0.1, -0.05) is 30.3 Å². The Hall–Kier alpha value is -2.33. The van der Waals surface area contributed by atoms with Crippen LogP contribution >= 0.6 is 0 Å². The number of esters is 1. The molecule has 1 fully saturated rings. The van der Waals surface area contributed by atoms with Crippen LogP contribution in [0.1, 0.15) is 18.4 Å². The number of amides is 1. The molecule has 1 aliphatic rings. The fraction of sp³-hybridized carbons (Fsp3) is 0.385. The molecule has 0 N–H and O–H groups in total. The SMILES string of the molecule is [N-]=[N+]=NC(=O)[C@H]1CC[C@H]1C(=O)OCc1ccccc1. The average Bonchev–Trinajstić information content (AvgIpc) is 2.36. The van der Waals surface area contributed by atoms with Crippen LogP contribution in [0.2, 0.25) is 0 Å². The van der Waals surface area contributed by atoms with E-state index in [0.717, 1.165) is 5.56 Å². The number of nitrogens with zero attached hydrogens (tertiary/aromatic N) is 3. The lowest BCUT2D eigenvalue weighted by molar-refractivity contribution is -0.159. The van der Waals surface area contributed by atoms with Gasteiger partial charge < -0.3 is 4.74 Å². The molecule has 0 bridgehead atoms. The molecule has 2 atom stereocenters. The number of benzene rings is 1. The van der Waals surface area contributed by atoms with E-state index in [1.54, 1.807) is 0 Å². The lowest BCUT2D eigenvalue weighted by Crippen LogP contribution is -2.38. The summed E-state index contributed by atoms with van der Waals surface area (Å²) in [5.41, 5.74) is 9.10. The van der Waals surface area contributed by atoms with Crippen LogP contribution in [0.15, 0.2) is 35.4 Å². The molecule has 19 heavy (non-hydrogen) atoms. The van der Waals surface area contributed by atoms with Crippen molar-refractivity contribution in [2.75, 3.05) is 0 Å². The fourth-order valence-electron chi connectivity index (χ4n) is 2.03. The van der Waals surface area contributed by atoms with Crippen LogP contribution in [0.5, 0.6) is 0 Å². The first-order valence-electron chi connectivity index (χ1n) is 6.02. The van der Waals surface area contributed by atoms with Crippen molar-refractivity contribution in [1.29, 1.82) is 0 Å². The Morgan fingerprint density at radius 2 is 1.95 bits per heavy atom. The first kappa shape index (κ1) is 13.1. The van der Waals surface area contributed by atoms with Gasteiger partial charge in [0.05, 0.1) is 5.92 Å². The van der Waals surface area contributed by atoms with Crippen LogP contribution in [-0.2, 0) is 20.9 Å². The molecule has 0 spiro atoms. The Balaban J connectivity index is 1.87. The Morgan fingerprint density at radius 1 is 1.26 bits per heavy atom. The lowest BCUT2D eigenvalue weighted by Gasteiger charge is -2.32. The van der Waals surface area contributed by atoms with Crippen LogP contribution in [0.4, 0.5) is 0 Å². The van der Waals surface area contributed by atoms with Crippen molar-refractivity contribution in [3.63, 3.8) is 0 Å². The summed E-state index contributed by atoms with van der Waals surface area (Å²) in [5, 5.41) is 3.03. The van der Waals surface area contributed by atoms with Gasteiger partial charge in [0.15, 0.2) is 0 Å². The van der Waals surface area contributed by atoms with E-state index in [-0.39, 0.29) is 6.61 Å². The lowest BCUT2D eigenvalue weighted by atomic mass is 9.73. The Bertz CT molecular complexity index is 523. The topological polar surface area (TPSA) is 92.1 Å². The van der Waals surface area contributed by atoms with Crippen LogP contribution in [-0.4, -0.2) is 11.9 Å². The highest BCUT2D eigenvalue weighted by atomic mass is 16.5. The van der Waals surface area contributed by atoms with Gasteiger partial charge in [-0.15, -0.1) is 0 Å². The van der Waals surface area contributed by atoms with E-state index in [1.807, 2.05) is 30.3 Å². The molecule has 6 nitrogen and oxygen atoms in total. The molecule has 98 valence electrons. The highest BCUT2D eigenvalue weighted by Gasteiger charge is 2.41. The van der Waals surface area contributed by atoms with Crippen molar-refractivity contribution in [3.8, 4) is 0 Å². The third-order valence-electron chi connectivity index (χ3n) is 3.26. The zero-order valence-electron chi connectivity index (χ0n) is 10.2. The van der Waals surface area contributed by atoms with Crippen molar-refractivity contribution < 1.29 is 14.3 Å². The molecule has 2 rings (SSSR count). The molecule has 0 heterocycles. The first-order chi connectivity index (χ1) is 9.22. The number of carbonyl (C=O) groups is 2. The number of carbonyl (C=O) groups excluding carboxylic acids is 2. The third kappa shape index (κ3) is 3.11. The third-order valence-corrected chi connectivity index (χ3v) is 3.26. The van der Waals surface area contributed by atoms with E-state index < -0.39 is 23.7 Å². The molecule has 1 aromatic carbocycles. The van der Waals surface area contributed by atoms with E-state index >= 15 is 0 Å². The summed E-state index contributed by atoms with van der Waals surface area (Å²) >= 11 is 0. The number of hydrogen-bond donors (Lipinski definition) is 0. The molecule has 0 aromatic heterocycles. The normalized spacial score (nSPS) is 20.8. The second kappa shape index (κ2) is 6.02. The highest BCUT2D eigenvalue weighted by Crippen LogP contribution is 2.36. The van der Waals surface area contributed by atoms with Crippen LogP contribution in [0.3, 0.4) is 0 Å². The summed E-state index contributed by atoms with van der Waals surface area (Å²) in [7, 11) is 0. The summed E-state index contributed by atoms with van der Waals surface area (Å²) in [4.78, 5) is 25.6. The summed E-state index contributed by atoms with van der Waals surface area (Å²) in [6, 6.07) is 9.32. The second-order valence-electron chi connectivity index (χ2n) is 4.41. The maximum Gasteiger partial charge on any atom is 0.310 e. The van der Waals surface area contributed by atoms with Gasteiger partial charge in [0, 0.05) is 10.8 Å². The zero-order valence-corrected chi connectivity index (χ0v) is 10.2. The monoisotopic (exact) mass is 259 g/mol. The molecule has 0 unspecified atom stereocenters. The number of hydrogen-bond acceptors (Lipinski definition) is 3. The van der Waals surface area contributed by atoms with Gasteiger partial charge in [-0.3, -0.25) is 9.59 Å². The molecular weight excluding hydrogens is 246 g/mol. The summed E-state index contributed by atoms with van der Waals surface area (Å²) in [5.74, 6) is -1.96. The van der Waals surface area contributed by atoms with E-state index in [1.165, 1.54) is 0 Å². The standard InChI is InChI=1S/C13H13N3O3/c14-16-15-12(17)10-6-7-11(10)13(18)19-8-9-4-2-1-3-5-9/h1-5,10-11H,6-8H2/t10-,11+/m0/s1. The van der Waals surface area contributed by atoms with Gasteiger partial charge in [0.1, 0.15) is 6.61 Å². The Labute approximate surface area is 110 Å². The maximum atomic E-state index is 11.8. The number of ether oxygens (including phenoxy) is 1. The molecule has 1 amide bonds. The molecule has 0 radical (unpaired) electrons. The highest BCUT2D eigenvalue weighted by molar-refractivity contribution is 5.87. The average molecular weight is 259 g/mol. The predicted octanol–water partition coefficient (Wildman–Crippen LogP) is 2.59. The fourth-order valence-corrected chi connectivity index (χ4v) is 2.03. The van der Waals surface area contributed by atoms with Crippen LogP contribution < -0.4 is 0 Å². The minimum atomic E-state index is -0.574. The van der Waals surface area contributed by atoms with Gasteiger partial charge in [0.2, 0.25) is 5.91 Å². The largest absolute Gasteiger partial charge is 0.461 e. The van der Waals surface area contributed by atoms with Gasteiger partial charge in [-0.2, -0.15) is 0 Å². The van der Waals surface area contributed by atoms with E-state index in [4.69, 9.17) is 10.3 Å². The van der Waals surface area contributed by atoms with Crippen molar-refractivity contribution in [2.45, 2.75) is 19.4 Å². The first-order valence-corrected chi connectivity index (χ1v) is 6.02. The van der Waals surface area contributed by atoms with Crippen molar-refractivity contribution in [1.82, 2.24) is 0 Å². The molecule has 1 aliphatic carbocycles. The van der Waals surface area contributed by atoms with Crippen molar-refractivity contribution in [3.05, 3.63) is 46.3 Å². The molecule has 0 saturated heterocycles. The quantitative estimate of drug-likeness (QED) is 0.360. The maximum absolute atomic E-state index is 11.8. The van der Waals surface area contributed by atoms with Gasteiger partial charge in [-0.05, 0) is 29.1 Å². The zero-order chi connectivity index (χ0) is 13.7. The molecule has 1 aromatic rings. The minimum Gasteiger partial charge on any atom is -0.461 e. The van der Waals surface area contributed by atoms with Gasteiger partial charge >= 0.3 is 5.97 Å². The molecule has 6 heteroatoms. The second-order valence-corrected chi connectivity index (χ2v) is 4.41. The van der Waals surface area contributed by atoms with Crippen LogP contribution in [0, 0.1) is 11.8 Å². The van der Waals surface area contributed by atoms with Gasteiger partial charge in [-0.25, -0.2) is 0 Å². The van der Waals surface area contributed by atoms with E-state index in [0.29, 0.717) is 12.8 Å². The predicted molar refractivity (Wildman–Crippen MR) is 66.6 cm³/mol. The van der Waals surface area contributed by atoms with Crippen molar-refractivity contribution >= 4 is 11.9 Å².